The molecule has 1 aliphatic heterocycles. The standard InChI is InChI=1S/C14H16ClNO4S/c1-2-3-12-16(10(7-21-12)14(19)20)13(18)9-5-4-8(15)6-11(9)17/h4-6,10,12,17H,2-3,7H2,1H3,(H,19,20). The van der Waals surface area contributed by atoms with Gasteiger partial charge in [0, 0.05) is 10.8 Å². The van der Waals surface area contributed by atoms with Gasteiger partial charge in [0.15, 0.2) is 0 Å². The third-order valence-corrected chi connectivity index (χ3v) is 4.93. The lowest BCUT2D eigenvalue weighted by Crippen LogP contribution is -2.45. The van der Waals surface area contributed by atoms with E-state index >= 15 is 0 Å². The predicted octanol–water partition coefficient (Wildman–Crippen LogP) is 2.81. The second-order valence-electron chi connectivity index (χ2n) is 4.80. The largest absolute Gasteiger partial charge is 0.507 e. The molecule has 0 bridgehead atoms. The number of rotatable bonds is 4. The lowest BCUT2D eigenvalue weighted by Gasteiger charge is -2.27. The van der Waals surface area contributed by atoms with Crippen molar-refractivity contribution in [2.75, 3.05) is 5.75 Å². The summed E-state index contributed by atoms with van der Waals surface area (Å²) in [5, 5.41) is 19.3. The molecule has 2 unspecified atom stereocenters. The van der Waals surface area contributed by atoms with Crippen LogP contribution in [0.15, 0.2) is 18.2 Å². The van der Waals surface area contributed by atoms with Crippen LogP contribution in [0.1, 0.15) is 30.1 Å². The number of thioether (sulfide) groups is 1. The molecule has 1 fully saturated rings. The maximum Gasteiger partial charge on any atom is 0.327 e. The van der Waals surface area contributed by atoms with Crippen molar-refractivity contribution in [3.05, 3.63) is 28.8 Å². The van der Waals surface area contributed by atoms with Crippen molar-refractivity contribution in [2.45, 2.75) is 31.2 Å². The first kappa shape index (κ1) is 16.0. The van der Waals surface area contributed by atoms with Gasteiger partial charge in [-0.15, -0.1) is 11.8 Å². The molecule has 0 aromatic heterocycles. The topological polar surface area (TPSA) is 77.8 Å². The van der Waals surface area contributed by atoms with E-state index in [9.17, 15) is 19.8 Å². The normalized spacial score (nSPS) is 21.5. The Bertz CT molecular complexity index is 566. The number of hydrogen-bond donors (Lipinski definition) is 2. The van der Waals surface area contributed by atoms with Crippen LogP contribution in [0.2, 0.25) is 5.02 Å². The first-order chi connectivity index (χ1) is 9.95. The minimum absolute atomic E-state index is 0.0780. The van der Waals surface area contributed by atoms with Crippen molar-refractivity contribution in [1.29, 1.82) is 0 Å². The van der Waals surface area contributed by atoms with Crippen molar-refractivity contribution in [2.24, 2.45) is 0 Å². The number of carbonyl (C=O) groups is 2. The van der Waals surface area contributed by atoms with Gasteiger partial charge in [0.2, 0.25) is 0 Å². The Labute approximate surface area is 131 Å². The van der Waals surface area contributed by atoms with Crippen LogP contribution in [0.5, 0.6) is 5.75 Å². The van der Waals surface area contributed by atoms with Crippen molar-refractivity contribution in [3.63, 3.8) is 0 Å². The predicted molar refractivity (Wildman–Crippen MR) is 81.9 cm³/mol. The van der Waals surface area contributed by atoms with Crippen LogP contribution in [0.4, 0.5) is 0 Å². The molecule has 0 spiro atoms. The minimum Gasteiger partial charge on any atom is -0.507 e. The molecule has 2 rings (SSSR count). The molecule has 7 heteroatoms. The van der Waals surface area contributed by atoms with E-state index in [1.807, 2.05) is 6.92 Å². The monoisotopic (exact) mass is 329 g/mol. The van der Waals surface area contributed by atoms with E-state index in [0.29, 0.717) is 17.2 Å². The average molecular weight is 330 g/mol. The molecule has 2 N–H and O–H groups in total. The molecule has 1 aromatic carbocycles. The maximum atomic E-state index is 12.6. The summed E-state index contributed by atoms with van der Waals surface area (Å²) in [5.41, 5.74) is 0.0780. The average Bonchev–Trinajstić information content (AvgIpc) is 2.82. The Balaban J connectivity index is 2.34. The molecule has 5 nitrogen and oxygen atoms in total. The summed E-state index contributed by atoms with van der Waals surface area (Å²) in [6.07, 6.45) is 1.56. The first-order valence-corrected chi connectivity index (χ1v) is 8.04. The number of phenolic OH excluding ortho intramolecular Hbond substituents is 1. The van der Waals surface area contributed by atoms with E-state index in [2.05, 4.69) is 0 Å². The van der Waals surface area contributed by atoms with Crippen LogP contribution in [0.3, 0.4) is 0 Å². The van der Waals surface area contributed by atoms with Crippen LogP contribution >= 0.6 is 23.4 Å². The fourth-order valence-electron chi connectivity index (χ4n) is 2.32. The van der Waals surface area contributed by atoms with Gasteiger partial charge in [-0.25, -0.2) is 4.79 Å². The van der Waals surface area contributed by atoms with Crippen LogP contribution in [-0.2, 0) is 4.79 Å². The van der Waals surface area contributed by atoms with Crippen molar-refractivity contribution < 1.29 is 19.8 Å². The second kappa shape index (κ2) is 6.58. The molecular formula is C14H16ClNO4S. The zero-order chi connectivity index (χ0) is 15.6. The van der Waals surface area contributed by atoms with Crippen molar-refractivity contribution >= 4 is 35.2 Å². The number of halogens is 1. The smallest absolute Gasteiger partial charge is 0.327 e. The third kappa shape index (κ3) is 3.27. The highest BCUT2D eigenvalue weighted by Crippen LogP contribution is 2.35. The minimum atomic E-state index is -1.03. The van der Waals surface area contributed by atoms with Gasteiger partial charge >= 0.3 is 5.97 Å². The number of hydrogen-bond acceptors (Lipinski definition) is 4. The Morgan fingerprint density at radius 3 is 2.76 bits per heavy atom. The molecule has 0 saturated carbocycles. The maximum absolute atomic E-state index is 12.6. The number of carboxylic acids is 1. The number of carboxylic acid groups (broad SMARTS) is 1. The second-order valence-corrected chi connectivity index (χ2v) is 6.45. The van der Waals surface area contributed by atoms with E-state index in [1.54, 1.807) is 0 Å². The summed E-state index contributed by atoms with van der Waals surface area (Å²) < 4.78 is 0. The first-order valence-electron chi connectivity index (χ1n) is 6.61. The number of amides is 1. The van der Waals surface area contributed by atoms with Gasteiger partial charge in [-0.1, -0.05) is 24.9 Å². The number of aromatic hydroxyl groups is 1. The molecule has 1 saturated heterocycles. The number of nitrogens with zero attached hydrogens (tertiary/aromatic N) is 1. The van der Waals surface area contributed by atoms with E-state index in [0.717, 1.165) is 6.42 Å². The van der Waals surface area contributed by atoms with Crippen LogP contribution in [-0.4, -0.2) is 44.2 Å². The van der Waals surface area contributed by atoms with E-state index in [-0.39, 0.29) is 16.7 Å². The highest BCUT2D eigenvalue weighted by molar-refractivity contribution is 8.00. The lowest BCUT2D eigenvalue weighted by molar-refractivity contribution is -0.141. The summed E-state index contributed by atoms with van der Waals surface area (Å²) in [7, 11) is 0. The van der Waals surface area contributed by atoms with Crippen LogP contribution in [0.25, 0.3) is 0 Å². The van der Waals surface area contributed by atoms with Crippen molar-refractivity contribution in [3.8, 4) is 5.75 Å². The Morgan fingerprint density at radius 2 is 2.19 bits per heavy atom. The Morgan fingerprint density at radius 1 is 1.48 bits per heavy atom. The molecule has 0 aliphatic carbocycles. The molecule has 21 heavy (non-hydrogen) atoms. The SMILES string of the molecule is CCCC1SCC(C(=O)O)N1C(=O)c1ccc(Cl)cc1O. The lowest BCUT2D eigenvalue weighted by atomic mass is 10.1. The Kier molecular flexibility index (Phi) is 5.00. The van der Waals surface area contributed by atoms with Crippen LogP contribution in [0, 0.1) is 0 Å². The van der Waals surface area contributed by atoms with Crippen LogP contribution < -0.4 is 0 Å². The molecular weight excluding hydrogens is 314 g/mol. The van der Waals surface area contributed by atoms with Gasteiger partial charge in [0.25, 0.3) is 5.91 Å². The Hall–Kier alpha value is -1.40. The summed E-state index contributed by atoms with van der Waals surface area (Å²) in [6, 6.07) is 3.34. The van der Waals surface area contributed by atoms with E-state index in [4.69, 9.17) is 11.6 Å². The molecule has 2 atom stereocenters. The highest BCUT2D eigenvalue weighted by Gasteiger charge is 2.41. The van der Waals surface area contributed by atoms with Crippen molar-refractivity contribution in [1.82, 2.24) is 4.90 Å². The number of carbonyl (C=O) groups excluding carboxylic acids is 1. The molecule has 1 heterocycles. The van der Waals surface area contributed by atoms with Gasteiger partial charge in [-0.2, -0.15) is 0 Å². The summed E-state index contributed by atoms with van der Waals surface area (Å²) in [4.78, 5) is 25.3. The number of aliphatic carboxylic acids is 1. The highest BCUT2D eigenvalue weighted by atomic mass is 35.5. The van der Waals surface area contributed by atoms with E-state index in [1.165, 1.54) is 34.9 Å². The van der Waals surface area contributed by atoms with Gasteiger partial charge in [0.05, 0.1) is 10.9 Å². The van der Waals surface area contributed by atoms with E-state index < -0.39 is 17.9 Å². The molecule has 114 valence electrons. The third-order valence-electron chi connectivity index (χ3n) is 3.34. The number of phenols is 1. The zero-order valence-corrected chi connectivity index (χ0v) is 13.0. The molecule has 1 aliphatic rings. The molecule has 1 aromatic rings. The fourth-order valence-corrected chi connectivity index (χ4v) is 4.00. The fraction of sp³-hybridized carbons (Fsp3) is 0.429. The number of benzene rings is 1. The van der Waals surface area contributed by atoms with Gasteiger partial charge < -0.3 is 15.1 Å². The summed E-state index contributed by atoms with van der Waals surface area (Å²) in [6.45, 7) is 1.98. The molecule has 0 radical (unpaired) electrons. The quantitative estimate of drug-likeness (QED) is 0.888. The van der Waals surface area contributed by atoms with Gasteiger partial charge in [-0.05, 0) is 24.6 Å². The zero-order valence-electron chi connectivity index (χ0n) is 11.5. The molecule has 1 amide bonds. The summed E-state index contributed by atoms with van der Waals surface area (Å²) >= 11 is 7.22. The summed E-state index contributed by atoms with van der Waals surface area (Å²) in [5.74, 6) is -1.37. The van der Waals surface area contributed by atoms with Gasteiger partial charge in [-0.3, -0.25) is 4.79 Å². The van der Waals surface area contributed by atoms with Gasteiger partial charge in [0.1, 0.15) is 11.8 Å².